The molecule has 5 heteroatoms. The van der Waals surface area contributed by atoms with Gasteiger partial charge in [-0.05, 0) is 26.3 Å². The zero-order valence-corrected chi connectivity index (χ0v) is 9.15. The Morgan fingerprint density at radius 2 is 2.60 bits per heavy atom. The fourth-order valence-electron chi connectivity index (χ4n) is 1.86. The Morgan fingerprint density at radius 3 is 3.33 bits per heavy atom. The standard InChI is InChI=1S/C10H18N4O/c1-2-14-10(12-8-13-14)7-15-6-9-4-3-5-11-9/h8-9,11H,2-7H2,1H3. The van der Waals surface area contributed by atoms with Gasteiger partial charge >= 0.3 is 0 Å². The lowest BCUT2D eigenvalue weighted by atomic mass is 10.2. The maximum absolute atomic E-state index is 5.62. The van der Waals surface area contributed by atoms with Crippen LogP contribution in [0.5, 0.6) is 0 Å². The van der Waals surface area contributed by atoms with Crippen LogP contribution in [0.3, 0.4) is 0 Å². The van der Waals surface area contributed by atoms with Gasteiger partial charge in [0.2, 0.25) is 0 Å². The van der Waals surface area contributed by atoms with Gasteiger partial charge in [0.05, 0.1) is 6.61 Å². The molecule has 0 bridgehead atoms. The number of aromatic nitrogens is 3. The van der Waals surface area contributed by atoms with Crippen molar-refractivity contribution in [2.75, 3.05) is 13.2 Å². The first-order valence-corrected chi connectivity index (χ1v) is 5.58. The molecule has 0 radical (unpaired) electrons. The van der Waals surface area contributed by atoms with Crippen molar-refractivity contribution in [3.8, 4) is 0 Å². The van der Waals surface area contributed by atoms with E-state index in [4.69, 9.17) is 4.74 Å². The van der Waals surface area contributed by atoms with Crippen molar-refractivity contribution in [1.82, 2.24) is 20.1 Å². The number of nitrogens with zero attached hydrogens (tertiary/aromatic N) is 3. The van der Waals surface area contributed by atoms with E-state index in [0.29, 0.717) is 12.6 Å². The van der Waals surface area contributed by atoms with Crippen LogP contribution in [0.25, 0.3) is 0 Å². The Labute approximate surface area is 89.8 Å². The lowest BCUT2D eigenvalue weighted by molar-refractivity contribution is 0.0957. The lowest BCUT2D eigenvalue weighted by Gasteiger charge is -2.10. The molecule has 0 spiro atoms. The monoisotopic (exact) mass is 210 g/mol. The Kier molecular flexibility index (Phi) is 3.69. The van der Waals surface area contributed by atoms with Crippen LogP contribution in [0.15, 0.2) is 6.33 Å². The molecule has 84 valence electrons. The highest BCUT2D eigenvalue weighted by atomic mass is 16.5. The van der Waals surface area contributed by atoms with Crippen LogP contribution in [0.2, 0.25) is 0 Å². The van der Waals surface area contributed by atoms with Crippen molar-refractivity contribution >= 4 is 0 Å². The van der Waals surface area contributed by atoms with Crippen LogP contribution < -0.4 is 5.32 Å². The smallest absolute Gasteiger partial charge is 0.152 e. The van der Waals surface area contributed by atoms with Crippen molar-refractivity contribution in [1.29, 1.82) is 0 Å². The van der Waals surface area contributed by atoms with Gasteiger partial charge in [0.1, 0.15) is 12.9 Å². The topological polar surface area (TPSA) is 52.0 Å². The van der Waals surface area contributed by atoms with Crippen LogP contribution in [-0.2, 0) is 17.9 Å². The van der Waals surface area contributed by atoms with Crippen LogP contribution in [0, 0.1) is 0 Å². The summed E-state index contributed by atoms with van der Waals surface area (Å²) in [5.41, 5.74) is 0. The third kappa shape index (κ3) is 2.76. The van der Waals surface area contributed by atoms with Crippen LogP contribution >= 0.6 is 0 Å². The average Bonchev–Trinajstić information content (AvgIpc) is 2.88. The fraction of sp³-hybridized carbons (Fsp3) is 0.800. The van der Waals surface area contributed by atoms with Gasteiger partial charge in [-0.1, -0.05) is 0 Å². The van der Waals surface area contributed by atoms with Gasteiger partial charge < -0.3 is 10.1 Å². The molecule has 1 atom stereocenters. The summed E-state index contributed by atoms with van der Waals surface area (Å²) in [7, 11) is 0. The largest absolute Gasteiger partial charge is 0.372 e. The number of aryl methyl sites for hydroxylation is 1. The second-order valence-electron chi connectivity index (χ2n) is 3.80. The maximum atomic E-state index is 5.62. The summed E-state index contributed by atoms with van der Waals surface area (Å²) in [6.07, 6.45) is 4.07. The van der Waals surface area contributed by atoms with Gasteiger partial charge in [0.25, 0.3) is 0 Å². The highest BCUT2D eigenvalue weighted by molar-refractivity contribution is 4.81. The normalized spacial score (nSPS) is 21.0. The highest BCUT2D eigenvalue weighted by Crippen LogP contribution is 2.06. The van der Waals surface area contributed by atoms with Crippen molar-refractivity contribution in [2.45, 2.75) is 39.0 Å². The summed E-state index contributed by atoms with van der Waals surface area (Å²) in [6, 6.07) is 0.531. The molecule has 0 aromatic carbocycles. The van der Waals surface area contributed by atoms with E-state index in [-0.39, 0.29) is 0 Å². The second kappa shape index (κ2) is 5.23. The molecule has 0 aliphatic carbocycles. The predicted molar refractivity (Wildman–Crippen MR) is 56.4 cm³/mol. The third-order valence-electron chi connectivity index (χ3n) is 2.71. The highest BCUT2D eigenvalue weighted by Gasteiger charge is 2.14. The zero-order chi connectivity index (χ0) is 10.5. The Hall–Kier alpha value is -0.940. The molecule has 1 saturated heterocycles. The maximum Gasteiger partial charge on any atom is 0.152 e. The van der Waals surface area contributed by atoms with E-state index in [9.17, 15) is 0 Å². The minimum absolute atomic E-state index is 0.531. The molecule has 2 heterocycles. The van der Waals surface area contributed by atoms with E-state index < -0.39 is 0 Å². The van der Waals surface area contributed by atoms with Gasteiger partial charge in [-0.2, -0.15) is 5.10 Å². The van der Waals surface area contributed by atoms with E-state index in [2.05, 4.69) is 22.3 Å². The van der Waals surface area contributed by atoms with Crippen molar-refractivity contribution < 1.29 is 4.74 Å². The third-order valence-corrected chi connectivity index (χ3v) is 2.71. The number of hydrogen-bond acceptors (Lipinski definition) is 4. The number of hydrogen-bond donors (Lipinski definition) is 1. The van der Waals surface area contributed by atoms with Crippen LogP contribution in [0.4, 0.5) is 0 Å². The minimum atomic E-state index is 0.531. The first-order chi connectivity index (χ1) is 7.40. The molecular formula is C10H18N4O. The Morgan fingerprint density at radius 1 is 1.67 bits per heavy atom. The number of rotatable bonds is 5. The summed E-state index contributed by atoms with van der Waals surface area (Å²) in [5, 5.41) is 7.49. The van der Waals surface area contributed by atoms with Gasteiger partial charge in [-0.3, -0.25) is 0 Å². The quantitative estimate of drug-likeness (QED) is 0.772. The summed E-state index contributed by atoms with van der Waals surface area (Å²) in [6.45, 7) is 5.36. The molecule has 15 heavy (non-hydrogen) atoms. The van der Waals surface area contributed by atoms with Crippen molar-refractivity contribution in [3.05, 3.63) is 12.2 Å². The molecule has 1 aromatic heterocycles. The first kappa shape index (κ1) is 10.6. The number of ether oxygens (including phenoxy) is 1. The van der Waals surface area contributed by atoms with E-state index in [1.165, 1.54) is 12.8 Å². The fourth-order valence-corrected chi connectivity index (χ4v) is 1.86. The molecule has 1 unspecified atom stereocenters. The molecule has 0 amide bonds. The SMILES string of the molecule is CCn1ncnc1COCC1CCCN1. The summed E-state index contributed by atoms with van der Waals surface area (Å²) in [4.78, 5) is 4.16. The van der Waals surface area contributed by atoms with E-state index in [1.54, 1.807) is 6.33 Å². The Balaban J connectivity index is 1.73. The number of nitrogens with one attached hydrogen (secondary N) is 1. The molecule has 1 aromatic rings. The Bertz CT molecular complexity index is 293. The average molecular weight is 210 g/mol. The van der Waals surface area contributed by atoms with Crippen molar-refractivity contribution in [2.24, 2.45) is 0 Å². The second-order valence-corrected chi connectivity index (χ2v) is 3.80. The molecule has 1 aliphatic rings. The molecule has 1 aliphatic heterocycles. The van der Waals surface area contributed by atoms with E-state index in [1.807, 2.05) is 4.68 Å². The molecule has 2 rings (SSSR count). The lowest BCUT2D eigenvalue weighted by Crippen LogP contribution is -2.26. The predicted octanol–water partition coefficient (Wildman–Crippen LogP) is 0.567. The molecule has 0 saturated carbocycles. The zero-order valence-electron chi connectivity index (χ0n) is 9.15. The van der Waals surface area contributed by atoms with Gasteiger partial charge in [0, 0.05) is 12.6 Å². The van der Waals surface area contributed by atoms with E-state index >= 15 is 0 Å². The summed E-state index contributed by atoms with van der Waals surface area (Å²) < 4.78 is 7.48. The van der Waals surface area contributed by atoms with Gasteiger partial charge in [-0.15, -0.1) is 0 Å². The first-order valence-electron chi connectivity index (χ1n) is 5.58. The van der Waals surface area contributed by atoms with Gasteiger partial charge in [0.15, 0.2) is 5.82 Å². The van der Waals surface area contributed by atoms with Crippen LogP contribution in [0.1, 0.15) is 25.6 Å². The molecule has 5 nitrogen and oxygen atoms in total. The summed E-state index contributed by atoms with van der Waals surface area (Å²) in [5.74, 6) is 0.912. The molecular weight excluding hydrogens is 192 g/mol. The van der Waals surface area contributed by atoms with E-state index in [0.717, 1.165) is 25.5 Å². The molecule has 1 fully saturated rings. The summed E-state index contributed by atoms with van der Waals surface area (Å²) >= 11 is 0. The minimum Gasteiger partial charge on any atom is -0.372 e. The van der Waals surface area contributed by atoms with Gasteiger partial charge in [-0.25, -0.2) is 9.67 Å². The van der Waals surface area contributed by atoms with Crippen molar-refractivity contribution in [3.63, 3.8) is 0 Å². The molecule has 1 N–H and O–H groups in total. The van der Waals surface area contributed by atoms with Crippen LogP contribution in [-0.4, -0.2) is 34.0 Å².